The van der Waals surface area contributed by atoms with E-state index in [0.717, 1.165) is 5.52 Å². The van der Waals surface area contributed by atoms with E-state index in [1.54, 1.807) is 23.0 Å². The SMILES string of the molecule is N/C(=N/O)c1ccc2ccnn2c1. The first-order valence-corrected chi connectivity index (χ1v) is 3.72. The normalized spacial score (nSPS) is 12.2. The summed E-state index contributed by atoms with van der Waals surface area (Å²) in [5.74, 6) is 0.0809. The molecule has 0 atom stereocenters. The summed E-state index contributed by atoms with van der Waals surface area (Å²) in [6.07, 6.45) is 3.38. The summed E-state index contributed by atoms with van der Waals surface area (Å²) in [6, 6.07) is 5.49. The molecule has 0 aliphatic carbocycles. The summed E-state index contributed by atoms with van der Waals surface area (Å²) in [7, 11) is 0. The first-order valence-electron chi connectivity index (χ1n) is 3.72. The van der Waals surface area contributed by atoms with Crippen LogP contribution in [0.5, 0.6) is 0 Å². The van der Waals surface area contributed by atoms with Crippen molar-refractivity contribution in [1.29, 1.82) is 0 Å². The molecule has 66 valence electrons. The van der Waals surface area contributed by atoms with E-state index < -0.39 is 0 Å². The number of hydrogen-bond acceptors (Lipinski definition) is 3. The number of oxime groups is 1. The van der Waals surface area contributed by atoms with Crippen LogP contribution < -0.4 is 5.73 Å². The van der Waals surface area contributed by atoms with Crippen molar-refractivity contribution >= 4 is 11.4 Å². The van der Waals surface area contributed by atoms with E-state index >= 15 is 0 Å². The third-order valence-corrected chi connectivity index (χ3v) is 1.80. The highest BCUT2D eigenvalue weighted by Gasteiger charge is 2.00. The number of rotatable bonds is 1. The highest BCUT2D eigenvalue weighted by atomic mass is 16.4. The number of fused-ring (bicyclic) bond motifs is 1. The number of pyridine rings is 1. The molecular formula is C8H8N4O. The molecule has 0 aliphatic rings. The van der Waals surface area contributed by atoms with Crippen molar-refractivity contribution in [2.24, 2.45) is 10.9 Å². The standard InChI is InChI=1S/C8H8N4O/c9-8(11-13)6-1-2-7-3-4-10-12(7)5-6/h1-5,13H,(H2,9,11). The largest absolute Gasteiger partial charge is 0.409 e. The van der Waals surface area contributed by atoms with Crippen molar-refractivity contribution < 1.29 is 5.21 Å². The highest BCUT2D eigenvalue weighted by molar-refractivity contribution is 5.96. The van der Waals surface area contributed by atoms with Crippen LogP contribution in [0.3, 0.4) is 0 Å². The molecule has 5 heteroatoms. The average molecular weight is 176 g/mol. The Morgan fingerprint density at radius 2 is 2.31 bits per heavy atom. The van der Waals surface area contributed by atoms with Gasteiger partial charge in [0, 0.05) is 18.0 Å². The molecule has 0 spiro atoms. The Hall–Kier alpha value is -2.04. The molecule has 0 amide bonds. The second kappa shape index (κ2) is 2.78. The lowest BCUT2D eigenvalue weighted by Gasteiger charge is -1.98. The van der Waals surface area contributed by atoms with Gasteiger partial charge in [-0.2, -0.15) is 5.10 Å². The maximum Gasteiger partial charge on any atom is 0.171 e. The molecule has 2 aromatic heterocycles. The molecule has 0 saturated carbocycles. The summed E-state index contributed by atoms with van der Waals surface area (Å²) in [4.78, 5) is 0. The molecule has 0 aliphatic heterocycles. The van der Waals surface area contributed by atoms with Crippen LogP contribution in [-0.4, -0.2) is 20.7 Å². The van der Waals surface area contributed by atoms with Crippen molar-refractivity contribution in [2.45, 2.75) is 0 Å². The minimum Gasteiger partial charge on any atom is -0.409 e. The fraction of sp³-hybridized carbons (Fsp3) is 0. The molecular weight excluding hydrogens is 168 g/mol. The van der Waals surface area contributed by atoms with Gasteiger partial charge in [0.2, 0.25) is 0 Å². The van der Waals surface area contributed by atoms with Gasteiger partial charge in [-0.3, -0.25) is 0 Å². The number of amidine groups is 1. The number of hydrogen-bond donors (Lipinski definition) is 2. The fourth-order valence-corrected chi connectivity index (χ4v) is 1.12. The van der Waals surface area contributed by atoms with Gasteiger partial charge >= 0.3 is 0 Å². The molecule has 2 aromatic rings. The van der Waals surface area contributed by atoms with Gasteiger partial charge in [0.25, 0.3) is 0 Å². The first kappa shape index (κ1) is 7.60. The lowest BCUT2D eigenvalue weighted by molar-refractivity contribution is 0.318. The second-order valence-electron chi connectivity index (χ2n) is 2.60. The molecule has 0 saturated heterocycles. The summed E-state index contributed by atoms with van der Waals surface area (Å²) in [5.41, 5.74) is 7.02. The molecule has 0 bridgehead atoms. The van der Waals surface area contributed by atoms with Gasteiger partial charge in [-0.15, -0.1) is 0 Å². The zero-order valence-corrected chi connectivity index (χ0v) is 6.75. The topological polar surface area (TPSA) is 75.9 Å². The van der Waals surface area contributed by atoms with Crippen LogP contribution in [0, 0.1) is 0 Å². The van der Waals surface area contributed by atoms with Crippen LogP contribution in [-0.2, 0) is 0 Å². The highest BCUT2D eigenvalue weighted by Crippen LogP contribution is 2.04. The Bertz CT molecular complexity index is 460. The van der Waals surface area contributed by atoms with E-state index in [1.165, 1.54) is 0 Å². The molecule has 2 heterocycles. The minimum absolute atomic E-state index is 0.0809. The van der Waals surface area contributed by atoms with Gasteiger partial charge in [-0.25, -0.2) is 4.52 Å². The summed E-state index contributed by atoms with van der Waals surface area (Å²) >= 11 is 0. The van der Waals surface area contributed by atoms with Gasteiger partial charge in [0.1, 0.15) is 0 Å². The number of nitrogens with zero attached hydrogens (tertiary/aromatic N) is 3. The van der Waals surface area contributed by atoms with Crippen molar-refractivity contribution in [2.75, 3.05) is 0 Å². The predicted molar refractivity (Wildman–Crippen MR) is 47.7 cm³/mol. The number of aromatic nitrogens is 2. The monoisotopic (exact) mass is 176 g/mol. The smallest absolute Gasteiger partial charge is 0.171 e. The zero-order chi connectivity index (χ0) is 9.26. The Kier molecular flexibility index (Phi) is 1.63. The minimum atomic E-state index is 0.0809. The lowest BCUT2D eigenvalue weighted by Crippen LogP contribution is -2.13. The summed E-state index contributed by atoms with van der Waals surface area (Å²) in [5, 5.41) is 15.4. The Morgan fingerprint density at radius 3 is 3.08 bits per heavy atom. The van der Waals surface area contributed by atoms with Crippen LogP contribution in [0.2, 0.25) is 0 Å². The van der Waals surface area contributed by atoms with E-state index in [1.807, 2.05) is 12.1 Å². The van der Waals surface area contributed by atoms with Crippen LogP contribution in [0.4, 0.5) is 0 Å². The Morgan fingerprint density at radius 1 is 1.46 bits per heavy atom. The zero-order valence-electron chi connectivity index (χ0n) is 6.75. The Labute approximate surface area is 74.1 Å². The van der Waals surface area contributed by atoms with Crippen LogP contribution in [0.25, 0.3) is 5.52 Å². The first-order chi connectivity index (χ1) is 6.31. The van der Waals surface area contributed by atoms with Gasteiger partial charge in [-0.1, -0.05) is 5.16 Å². The molecule has 0 radical (unpaired) electrons. The van der Waals surface area contributed by atoms with Crippen molar-refractivity contribution in [3.05, 3.63) is 36.2 Å². The van der Waals surface area contributed by atoms with E-state index in [-0.39, 0.29) is 5.84 Å². The summed E-state index contributed by atoms with van der Waals surface area (Å²) < 4.78 is 1.66. The molecule has 5 nitrogen and oxygen atoms in total. The fourth-order valence-electron chi connectivity index (χ4n) is 1.12. The molecule has 0 aromatic carbocycles. The third-order valence-electron chi connectivity index (χ3n) is 1.80. The van der Waals surface area contributed by atoms with Crippen molar-refractivity contribution in [1.82, 2.24) is 9.61 Å². The number of nitrogens with two attached hydrogens (primary N) is 1. The lowest BCUT2D eigenvalue weighted by atomic mass is 10.2. The van der Waals surface area contributed by atoms with Gasteiger partial charge in [0.05, 0.1) is 5.52 Å². The maximum atomic E-state index is 8.44. The quantitative estimate of drug-likeness (QED) is 0.286. The van der Waals surface area contributed by atoms with Crippen LogP contribution >= 0.6 is 0 Å². The second-order valence-corrected chi connectivity index (χ2v) is 2.60. The third kappa shape index (κ3) is 1.20. The van der Waals surface area contributed by atoms with E-state index in [2.05, 4.69) is 10.3 Å². The van der Waals surface area contributed by atoms with Crippen LogP contribution in [0.1, 0.15) is 5.56 Å². The molecule has 2 rings (SSSR count). The molecule has 0 unspecified atom stereocenters. The van der Waals surface area contributed by atoms with Gasteiger partial charge in [-0.05, 0) is 18.2 Å². The van der Waals surface area contributed by atoms with Crippen molar-refractivity contribution in [3.8, 4) is 0 Å². The van der Waals surface area contributed by atoms with E-state index in [9.17, 15) is 0 Å². The Balaban J connectivity index is 2.60. The molecule has 13 heavy (non-hydrogen) atoms. The molecule has 3 N–H and O–H groups in total. The van der Waals surface area contributed by atoms with Gasteiger partial charge < -0.3 is 10.9 Å². The van der Waals surface area contributed by atoms with Gasteiger partial charge in [0.15, 0.2) is 5.84 Å². The summed E-state index contributed by atoms with van der Waals surface area (Å²) in [6.45, 7) is 0. The molecule has 0 fully saturated rings. The van der Waals surface area contributed by atoms with E-state index in [0.29, 0.717) is 5.56 Å². The van der Waals surface area contributed by atoms with Crippen LogP contribution in [0.15, 0.2) is 35.7 Å². The predicted octanol–water partition coefficient (Wildman–Crippen LogP) is 0.429. The average Bonchev–Trinajstić information content (AvgIpc) is 2.63. The maximum absolute atomic E-state index is 8.44. The van der Waals surface area contributed by atoms with Crippen molar-refractivity contribution in [3.63, 3.8) is 0 Å². The van der Waals surface area contributed by atoms with E-state index in [4.69, 9.17) is 10.9 Å².